The van der Waals surface area contributed by atoms with Crippen LogP contribution in [0.15, 0.2) is 0 Å². The predicted molar refractivity (Wildman–Crippen MR) is 13.5 cm³/mol. The monoisotopic (exact) mass is 182 g/mol. The van der Waals surface area contributed by atoms with Crippen molar-refractivity contribution in [3.63, 3.8) is 0 Å². The molecule has 0 aromatic carbocycles. The zero-order chi connectivity index (χ0) is 3.41. The molecule has 0 nitrogen and oxygen atoms in total. The van der Waals surface area contributed by atoms with Crippen molar-refractivity contribution in [2.75, 3.05) is 0 Å². The van der Waals surface area contributed by atoms with Crippen LogP contribution < -0.4 is 17.0 Å². The van der Waals surface area contributed by atoms with Gasteiger partial charge in [-0.3, -0.25) is 0 Å². The predicted octanol–water partition coefficient (Wildman–Crippen LogP) is -2.48. The third-order valence-corrected chi connectivity index (χ3v) is 0.919. The van der Waals surface area contributed by atoms with E-state index in [1.165, 1.54) is 0 Å². The van der Waals surface area contributed by atoms with E-state index in [0.29, 0.717) is 0 Å². The van der Waals surface area contributed by atoms with E-state index in [1.807, 2.05) is 6.92 Å². The number of hydrogen-bond donors (Lipinski definition) is 0. The number of hydrogen-bond acceptors (Lipinski definition) is 0. The molecule has 0 aromatic rings. The van der Waals surface area contributed by atoms with E-state index >= 15 is 0 Å². The van der Waals surface area contributed by atoms with Crippen LogP contribution in [0.4, 0.5) is 0 Å². The zero-order valence-electron chi connectivity index (χ0n) is 3.09. The summed E-state index contributed by atoms with van der Waals surface area (Å²) in [6.45, 7) is 1.85. The molecular weight excluding hydrogens is 181 g/mol. The summed E-state index contributed by atoms with van der Waals surface area (Å²) in [5.41, 5.74) is 0. The Kier molecular flexibility index (Phi) is 16.2. The maximum absolute atomic E-state index is 2.81. The van der Waals surface area contributed by atoms with Crippen LogP contribution in [0.5, 0.6) is 0 Å². The SMILES string of the molecule is CC#[C][Zn+].[Br-]. The average Bonchev–Trinajstić information content (AvgIpc) is 1.37. The second kappa shape index (κ2) is 8.82. The Hall–Kier alpha value is 0.663. The molecule has 0 aliphatic rings. The van der Waals surface area contributed by atoms with Crippen LogP contribution in [0, 0.1) is 10.4 Å². The van der Waals surface area contributed by atoms with Crippen molar-refractivity contribution >= 4 is 0 Å². The fraction of sp³-hybridized carbons (Fsp3) is 0.333. The first-order chi connectivity index (χ1) is 1.91. The van der Waals surface area contributed by atoms with Gasteiger partial charge in [-0.25, -0.2) is 0 Å². The molecule has 0 fully saturated rings. The summed E-state index contributed by atoms with van der Waals surface area (Å²) in [7, 11) is 0. The molecular formula is C3H3BrZn. The van der Waals surface area contributed by atoms with Crippen molar-refractivity contribution in [1.82, 2.24) is 0 Å². The number of halogens is 1. The van der Waals surface area contributed by atoms with Crippen LogP contribution in [0.1, 0.15) is 6.92 Å². The van der Waals surface area contributed by atoms with Crippen molar-refractivity contribution in [3.05, 3.63) is 0 Å². The van der Waals surface area contributed by atoms with Gasteiger partial charge in [0, 0.05) is 0 Å². The van der Waals surface area contributed by atoms with Crippen LogP contribution in [0.25, 0.3) is 0 Å². The quantitative estimate of drug-likeness (QED) is 0.289. The van der Waals surface area contributed by atoms with Crippen molar-refractivity contribution in [3.8, 4) is 10.4 Å². The third-order valence-electron chi connectivity index (χ3n) is 0.177. The molecule has 0 aromatic heterocycles. The first-order valence-corrected chi connectivity index (χ1v) is 2.59. The Bertz CT molecular complexity index is 43.6. The van der Waals surface area contributed by atoms with Gasteiger partial charge in [-0.2, -0.15) is 0 Å². The Morgan fingerprint density at radius 2 is 1.80 bits per heavy atom. The molecule has 0 unspecified atom stereocenters. The first kappa shape index (κ1) is 9.18. The van der Waals surface area contributed by atoms with E-state index in [9.17, 15) is 0 Å². The molecule has 0 heterocycles. The molecule has 0 rings (SSSR count). The molecule has 0 saturated heterocycles. The molecule has 0 N–H and O–H groups in total. The van der Waals surface area contributed by atoms with E-state index in [2.05, 4.69) is 10.4 Å². The fourth-order valence-corrected chi connectivity index (χ4v) is 0. The van der Waals surface area contributed by atoms with Crippen LogP contribution in [-0.2, 0) is 18.3 Å². The molecule has 2 heteroatoms. The van der Waals surface area contributed by atoms with Gasteiger partial charge in [-0.15, -0.1) is 0 Å². The summed E-state index contributed by atoms with van der Waals surface area (Å²) in [6, 6.07) is 0. The van der Waals surface area contributed by atoms with Gasteiger partial charge in [0.1, 0.15) is 0 Å². The van der Waals surface area contributed by atoms with Gasteiger partial charge in [0.15, 0.2) is 0 Å². The molecule has 0 saturated carbocycles. The van der Waals surface area contributed by atoms with E-state index in [1.54, 1.807) is 0 Å². The van der Waals surface area contributed by atoms with Gasteiger partial charge in [-0.05, 0) is 0 Å². The molecule has 0 radical (unpaired) electrons. The van der Waals surface area contributed by atoms with Crippen LogP contribution in [0.3, 0.4) is 0 Å². The van der Waals surface area contributed by atoms with Crippen molar-refractivity contribution in [1.29, 1.82) is 0 Å². The van der Waals surface area contributed by atoms with E-state index in [-0.39, 0.29) is 17.0 Å². The molecule has 0 aliphatic heterocycles. The number of rotatable bonds is 0. The summed E-state index contributed by atoms with van der Waals surface area (Å²) >= 11 is 1.11. The maximum Gasteiger partial charge on any atom is -1.00 e. The van der Waals surface area contributed by atoms with Crippen molar-refractivity contribution < 1.29 is 35.3 Å². The van der Waals surface area contributed by atoms with Gasteiger partial charge in [0.2, 0.25) is 0 Å². The summed E-state index contributed by atoms with van der Waals surface area (Å²) in [4.78, 5) is 0. The minimum atomic E-state index is 0. The Balaban J connectivity index is 0. The van der Waals surface area contributed by atoms with Gasteiger partial charge >= 0.3 is 35.7 Å². The third kappa shape index (κ3) is 12.0. The van der Waals surface area contributed by atoms with Crippen molar-refractivity contribution in [2.45, 2.75) is 6.92 Å². The molecule has 0 aliphatic carbocycles. The van der Waals surface area contributed by atoms with E-state index in [4.69, 9.17) is 0 Å². The molecule has 0 bridgehead atoms. The van der Waals surface area contributed by atoms with E-state index in [0.717, 1.165) is 18.3 Å². The van der Waals surface area contributed by atoms with Gasteiger partial charge in [0.05, 0.1) is 0 Å². The van der Waals surface area contributed by atoms with Crippen molar-refractivity contribution in [2.24, 2.45) is 0 Å². The molecule has 24 valence electrons. The summed E-state index contributed by atoms with van der Waals surface area (Å²) < 4.78 is 2.81. The van der Waals surface area contributed by atoms with Gasteiger partial charge < -0.3 is 17.0 Å². The second-order valence-corrected chi connectivity index (χ2v) is 1.17. The summed E-state index contributed by atoms with van der Waals surface area (Å²) in [5.74, 6) is 2.74. The van der Waals surface area contributed by atoms with Crippen LogP contribution >= 0.6 is 0 Å². The van der Waals surface area contributed by atoms with Gasteiger partial charge in [-0.1, -0.05) is 0 Å². The Morgan fingerprint density at radius 1 is 1.60 bits per heavy atom. The van der Waals surface area contributed by atoms with E-state index < -0.39 is 0 Å². The minimum Gasteiger partial charge on any atom is -1.00 e. The maximum atomic E-state index is 2.81. The first-order valence-electron chi connectivity index (χ1n) is 1.10. The second-order valence-electron chi connectivity index (χ2n) is 0.427. The standard InChI is InChI=1S/C3H3.BrH.Zn/c1-3-2;;/h1H3;1H;/q;;+1/p-1. The average molecular weight is 184 g/mol. The molecule has 0 atom stereocenters. The summed E-state index contributed by atoms with van der Waals surface area (Å²) in [6.07, 6.45) is 0. The molecule has 0 spiro atoms. The smallest absolute Gasteiger partial charge is 1.00 e. The Labute approximate surface area is 52.8 Å². The zero-order valence-corrected chi connectivity index (χ0v) is 7.64. The topological polar surface area (TPSA) is 0 Å². The van der Waals surface area contributed by atoms with Crippen LogP contribution in [0.2, 0.25) is 0 Å². The van der Waals surface area contributed by atoms with Crippen LogP contribution in [-0.4, -0.2) is 0 Å². The largest absolute Gasteiger partial charge is 1.00 e. The fourth-order valence-electron chi connectivity index (χ4n) is 0. The minimum absolute atomic E-state index is 0. The molecule has 0 amide bonds. The molecule has 5 heavy (non-hydrogen) atoms. The normalized spacial score (nSPS) is 3.00. The summed E-state index contributed by atoms with van der Waals surface area (Å²) in [5, 5.41) is 0. The Morgan fingerprint density at radius 3 is 1.80 bits per heavy atom. The van der Waals surface area contributed by atoms with Gasteiger partial charge in [0.25, 0.3) is 0 Å².